The zero-order valence-corrected chi connectivity index (χ0v) is 19.8. The number of likely N-dealkylation sites (N-methyl/N-ethyl adjacent to an activating group) is 1. The van der Waals surface area contributed by atoms with E-state index in [0.717, 1.165) is 38.4 Å². The maximum Gasteiger partial charge on any atom is 0.233 e. The maximum atomic E-state index is 11.6. The molecular weight excluding hydrogens is 386 g/mol. The Hall–Kier alpha value is -2.08. The summed E-state index contributed by atoms with van der Waals surface area (Å²) in [6.07, 6.45) is 7.11. The predicted molar refractivity (Wildman–Crippen MR) is 129 cm³/mol. The van der Waals surface area contributed by atoms with Crippen LogP contribution in [0, 0.1) is 0 Å². The standard InChI is InChI=1S/C25H41N5O/c1-19(2)20-7-9-21(10-8-20)25(13-5-6-14-25)18-28-24(27-4)29-22-11-15-30(16-12-22)17-23(31)26-3/h7-10,19,22H,5-6,11-18H2,1-4H3,(H,26,31)(H2,27,28,29). The first-order valence-electron chi connectivity index (χ1n) is 12.0. The number of nitrogens with one attached hydrogen (secondary N) is 3. The molecule has 172 valence electrons. The van der Waals surface area contributed by atoms with Crippen molar-refractivity contribution in [2.45, 2.75) is 69.7 Å². The number of aliphatic imine (C=N–C) groups is 1. The van der Waals surface area contributed by atoms with Gasteiger partial charge in [-0.15, -0.1) is 0 Å². The normalized spacial score (nSPS) is 20.1. The molecule has 1 aromatic carbocycles. The molecule has 31 heavy (non-hydrogen) atoms. The molecule has 1 saturated carbocycles. The van der Waals surface area contributed by atoms with Gasteiger partial charge in [-0.1, -0.05) is 51.0 Å². The number of piperidine rings is 1. The van der Waals surface area contributed by atoms with Crippen LogP contribution >= 0.6 is 0 Å². The van der Waals surface area contributed by atoms with E-state index in [2.05, 4.69) is 64.0 Å². The Morgan fingerprint density at radius 1 is 1.16 bits per heavy atom. The number of likely N-dealkylation sites (tertiary alicyclic amines) is 1. The van der Waals surface area contributed by atoms with E-state index in [1.165, 1.54) is 36.8 Å². The smallest absolute Gasteiger partial charge is 0.233 e. The number of carbonyl (C=O) groups excluding carboxylic acids is 1. The number of amides is 1. The molecule has 1 aliphatic carbocycles. The third-order valence-corrected chi connectivity index (χ3v) is 7.14. The molecule has 2 fully saturated rings. The topological polar surface area (TPSA) is 68.8 Å². The minimum atomic E-state index is 0.0900. The van der Waals surface area contributed by atoms with Crippen molar-refractivity contribution in [1.82, 2.24) is 20.9 Å². The Kier molecular flexibility index (Phi) is 8.35. The summed E-state index contributed by atoms with van der Waals surface area (Å²) in [6, 6.07) is 9.71. The molecule has 1 heterocycles. The van der Waals surface area contributed by atoms with Crippen molar-refractivity contribution >= 4 is 11.9 Å². The Balaban J connectivity index is 1.54. The number of benzene rings is 1. The highest BCUT2D eigenvalue weighted by atomic mass is 16.1. The molecule has 6 heteroatoms. The van der Waals surface area contributed by atoms with Crippen LogP contribution in [-0.4, -0.2) is 63.1 Å². The van der Waals surface area contributed by atoms with Gasteiger partial charge in [0.05, 0.1) is 6.54 Å². The minimum Gasteiger partial charge on any atom is -0.358 e. The molecule has 3 rings (SSSR count). The van der Waals surface area contributed by atoms with Gasteiger partial charge in [0.25, 0.3) is 0 Å². The molecule has 0 bridgehead atoms. The van der Waals surface area contributed by atoms with E-state index in [4.69, 9.17) is 0 Å². The average molecular weight is 428 g/mol. The highest BCUT2D eigenvalue weighted by molar-refractivity contribution is 5.80. The lowest BCUT2D eigenvalue weighted by atomic mass is 9.78. The number of carbonyl (C=O) groups is 1. The van der Waals surface area contributed by atoms with Crippen LogP contribution in [-0.2, 0) is 10.2 Å². The lowest BCUT2D eigenvalue weighted by Crippen LogP contribution is -2.51. The summed E-state index contributed by atoms with van der Waals surface area (Å²) in [5.74, 6) is 1.56. The van der Waals surface area contributed by atoms with E-state index in [1.807, 2.05) is 7.05 Å². The zero-order chi connectivity index (χ0) is 22.3. The number of rotatable bonds is 7. The van der Waals surface area contributed by atoms with Gasteiger partial charge >= 0.3 is 0 Å². The molecule has 0 atom stereocenters. The van der Waals surface area contributed by atoms with Crippen molar-refractivity contribution in [1.29, 1.82) is 0 Å². The molecule has 0 spiro atoms. The molecule has 0 radical (unpaired) electrons. The van der Waals surface area contributed by atoms with Crippen LogP contribution in [0.5, 0.6) is 0 Å². The molecule has 0 aromatic heterocycles. The van der Waals surface area contributed by atoms with Crippen LogP contribution < -0.4 is 16.0 Å². The maximum absolute atomic E-state index is 11.6. The summed E-state index contributed by atoms with van der Waals surface area (Å²) >= 11 is 0. The Morgan fingerprint density at radius 2 is 1.81 bits per heavy atom. The summed E-state index contributed by atoms with van der Waals surface area (Å²) in [7, 11) is 3.55. The SMILES string of the molecule is CN=C(NCC1(c2ccc(C(C)C)cc2)CCCC1)NC1CCN(CC(=O)NC)CC1. The second kappa shape index (κ2) is 11.0. The molecule has 1 amide bonds. The van der Waals surface area contributed by atoms with E-state index >= 15 is 0 Å². The average Bonchev–Trinajstić information content (AvgIpc) is 3.28. The van der Waals surface area contributed by atoms with Gasteiger partial charge in [0.15, 0.2) is 5.96 Å². The number of hydrogen-bond donors (Lipinski definition) is 3. The van der Waals surface area contributed by atoms with Crippen molar-refractivity contribution in [2.24, 2.45) is 4.99 Å². The second-order valence-corrected chi connectivity index (χ2v) is 9.56. The fraction of sp³-hybridized carbons (Fsp3) is 0.680. The van der Waals surface area contributed by atoms with Gasteiger partial charge in [0.1, 0.15) is 0 Å². The van der Waals surface area contributed by atoms with Crippen LogP contribution in [0.15, 0.2) is 29.3 Å². The third-order valence-electron chi connectivity index (χ3n) is 7.14. The summed E-state index contributed by atoms with van der Waals surface area (Å²) in [5.41, 5.74) is 3.06. The van der Waals surface area contributed by atoms with Gasteiger partial charge < -0.3 is 16.0 Å². The van der Waals surface area contributed by atoms with Crippen LogP contribution in [0.25, 0.3) is 0 Å². The summed E-state index contributed by atoms with van der Waals surface area (Å²) in [5, 5.41) is 9.98. The van der Waals surface area contributed by atoms with Gasteiger partial charge in [0.2, 0.25) is 5.91 Å². The number of nitrogens with zero attached hydrogens (tertiary/aromatic N) is 2. The third kappa shape index (κ3) is 6.22. The predicted octanol–water partition coefficient (Wildman–Crippen LogP) is 3.00. The molecule has 1 aromatic rings. The lowest BCUT2D eigenvalue weighted by Gasteiger charge is -2.34. The van der Waals surface area contributed by atoms with Crippen molar-refractivity contribution < 1.29 is 4.79 Å². The minimum absolute atomic E-state index is 0.0900. The first-order chi connectivity index (χ1) is 15.0. The molecule has 6 nitrogen and oxygen atoms in total. The van der Waals surface area contributed by atoms with E-state index in [1.54, 1.807) is 7.05 Å². The zero-order valence-electron chi connectivity index (χ0n) is 19.8. The fourth-order valence-corrected chi connectivity index (χ4v) is 5.00. The monoisotopic (exact) mass is 427 g/mol. The van der Waals surface area contributed by atoms with Gasteiger partial charge in [-0.05, 0) is 42.7 Å². The fourth-order valence-electron chi connectivity index (χ4n) is 5.00. The first-order valence-corrected chi connectivity index (χ1v) is 12.0. The van der Waals surface area contributed by atoms with Crippen molar-refractivity contribution in [3.05, 3.63) is 35.4 Å². The summed E-state index contributed by atoms with van der Waals surface area (Å²) < 4.78 is 0. The van der Waals surface area contributed by atoms with Crippen LogP contribution in [0.2, 0.25) is 0 Å². The summed E-state index contributed by atoms with van der Waals surface area (Å²) in [4.78, 5) is 18.3. The number of guanidine groups is 1. The number of hydrogen-bond acceptors (Lipinski definition) is 3. The summed E-state index contributed by atoms with van der Waals surface area (Å²) in [6.45, 7) is 7.79. The highest BCUT2D eigenvalue weighted by Crippen LogP contribution is 2.41. The van der Waals surface area contributed by atoms with Crippen LogP contribution in [0.3, 0.4) is 0 Å². The molecule has 0 unspecified atom stereocenters. The molecule has 2 aliphatic rings. The van der Waals surface area contributed by atoms with E-state index in [-0.39, 0.29) is 11.3 Å². The highest BCUT2D eigenvalue weighted by Gasteiger charge is 2.36. The van der Waals surface area contributed by atoms with Crippen LogP contribution in [0.1, 0.15) is 69.4 Å². The van der Waals surface area contributed by atoms with Crippen LogP contribution in [0.4, 0.5) is 0 Å². The van der Waals surface area contributed by atoms with Gasteiger partial charge in [-0.25, -0.2) is 0 Å². The molecule has 3 N–H and O–H groups in total. The van der Waals surface area contributed by atoms with Crippen molar-refractivity contribution in [2.75, 3.05) is 40.3 Å². The van der Waals surface area contributed by atoms with E-state index in [0.29, 0.717) is 18.5 Å². The molecule has 1 saturated heterocycles. The van der Waals surface area contributed by atoms with E-state index < -0.39 is 0 Å². The van der Waals surface area contributed by atoms with Crippen molar-refractivity contribution in [3.63, 3.8) is 0 Å². The largest absolute Gasteiger partial charge is 0.358 e. The van der Waals surface area contributed by atoms with Crippen molar-refractivity contribution in [3.8, 4) is 0 Å². The second-order valence-electron chi connectivity index (χ2n) is 9.56. The Labute approximate surface area is 188 Å². The van der Waals surface area contributed by atoms with Gasteiger partial charge in [0, 0.05) is 45.2 Å². The quantitative estimate of drug-likeness (QED) is 0.462. The molecule has 1 aliphatic heterocycles. The lowest BCUT2D eigenvalue weighted by molar-refractivity contribution is -0.122. The molecular formula is C25H41N5O. The Bertz CT molecular complexity index is 729. The van der Waals surface area contributed by atoms with Gasteiger partial charge in [-0.2, -0.15) is 0 Å². The van der Waals surface area contributed by atoms with Gasteiger partial charge in [-0.3, -0.25) is 14.7 Å². The van der Waals surface area contributed by atoms with E-state index in [9.17, 15) is 4.79 Å². The first kappa shape index (κ1) is 23.6. The Morgan fingerprint density at radius 3 is 2.35 bits per heavy atom.